The minimum Gasteiger partial charge on any atom is -0.361 e. The monoisotopic (exact) mass is 401 g/mol. The lowest BCUT2D eigenvalue weighted by atomic mass is 10.0. The van der Waals surface area contributed by atoms with E-state index in [9.17, 15) is 9.59 Å². The van der Waals surface area contributed by atoms with Gasteiger partial charge in [-0.3, -0.25) is 14.8 Å². The van der Waals surface area contributed by atoms with Crippen LogP contribution in [0.1, 0.15) is 15.9 Å². The third-order valence-corrected chi connectivity index (χ3v) is 4.64. The molecule has 0 radical (unpaired) electrons. The van der Waals surface area contributed by atoms with Crippen LogP contribution in [0.2, 0.25) is 0 Å². The number of hydroxylamine groups is 1. The molecule has 7 heteroatoms. The molecule has 1 heterocycles. The summed E-state index contributed by atoms with van der Waals surface area (Å²) < 4.78 is 0.628. The van der Waals surface area contributed by atoms with Gasteiger partial charge in [-0.2, -0.15) is 0 Å². The Kier molecular flexibility index (Phi) is 5.16. The van der Waals surface area contributed by atoms with Crippen molar-refractivity contribution in [2.45, 2.75) is 12.5 Å². The molecule has 0 aliphatic carbocycles. The first-order valence-corrected chi connectivity index (χ1v) is 8.44. The molecule has 0 fully saturated rings. The lowest BCUT2D eigenvalue weighted by Crippen LogP contribution is -2.47. The second-order valence-electron chi connectivity index (χ2n) is 5.55. The minimum atomic E-state index is -0.913. The molecular formula is C18H16BrN3O3. The Balaban J connectivity index is 1.84. The predicted octanol–water partition coefficient (Wildman–Crippen LogP) is 2.78. The molecule has 4 N–H and O–H groups in total. The summed E-state index contributed by atoms with van der Waals surface area (Å²) in [7, 11) is 0. The van der Waals surface area contributed by atoms with Crippen molar-refractivity contribution >= 4 is 38.6 Å². The van der Waals surface area contributed by atoms with Crippen LogP contribution in [0.5, 0.6) is 0 Å². The molecule has 0 saturated carbocycles. The Morgan fingerprint density at radius 3 is 2.60 bits per heavy atom. The number of amides is 2. The van der Waals surface area contributed by atoms with Gasteiger partial charge < -0.3 is 10.3 Å². The normalized spacial score (nSPS) is 11.9. The van der Waals surface area contributed by atoms with Crippen LogP contribution >= 0.6 is 15.9 Å². The Labute approximate surface area is 152 Å². The number of carbonyl (C=O) groups excluding carboxylic acids is 2. The van der Waals surface area contributed by atoms with Crippen LogP contribution in [-0.2, 0) is 11.2 Å². The summed E-state index contributed by atoms with van der Waals surface area (Å²) in [5, 5.41) is 12.7. The number of benzene rings is 2. The van der Waals surface area contributed by atoms with Crippen molar-refractivity contribution in [3.05, 3.63) is 70.3 Å². The maximum Gasteiger partial charge on any atom is 0.266 e. The first kappa shape index (κ1) is 17.2. The predicted molar refractivity (Wildman–Crippen MR) is 97.3 cm³/mol. The van der Waals surface area contributed by atoms with Crippen LogP contribution in [0, 0.1) is 0 Å². The van der Waals surface area contributed by atoms with E-state index in [0.717, 1.165) is 16.5 Å². The number of hydrogen-bond acceptors (Lipinski definition) is 3. The third-order valence-electron chi connectivity index (χ3n) is 3.95. The fraction of sp³-hybridized carbons (Fsp3) is 0.111. The van der Waals surface area contributed by atoms with Gasteiger partial charge in [0, 0.05) is 28.0 Å². The lowest BCUT2D eigenvalue weighted by molar-refractivity contribution is -0.131. The van der Waals surface area contributed by atoms with E-state index in [1.165, 1.54) is 0 Å². The highest BCUT2D eigenvalue weighted by atomic mass is 79.9. The highest BCUT2D eigenvalue weighted by Gasteiger charge is 2.23. The van der Waals surface area contributed by atoms with Crippen LogP contribution in [-0.4, -0.2) is 28.0 Å². The van der Waals surface area contributed by atoms with Crippen LogP contribution in [0.4, 0.5) is 0 Å². The highest BCUT2D eigenvalue weighted by molar-refractivity contribution is 9.10. The fourth-order valence-electron chi connectivity index (χ4n) is 2.69. The molecule has 3 rings (SSSR count). The van der Waals surface area contributed by atoms with Crippen molar-refractivity contribution in [3.8, 4) is 0 Å². The summed E-state index contributed by atoms with van der Waals surface area (Å²) >= 11 is 3.32. The van der Waals surface area contributed by atoms with E-state index in [0.29, 0.717) is 10.0 Å². The number of aromatic amines is 1. The van der Waals surface area contributed by atoms with Gasteiger partial charge in [0.25, 0.3) is 11.8 Å². The van der Waals surface area contributed by atoms with E-state index in [2.05, 4.69) is 26.2 Å². The van der Waals surface area contributed by atoms with E-state index in [-0.39, 0.29) is 6.42 Å². The van der Waals surface area contributed by atoms with Gasteiger partial charge in [0.2, 0.25) is 0 Å². The number of fused-ring (bicyclic) bond motifs is 1. The van der Waals surface area contributed by atoms with Gasteiger partial charge in [-0.15, -0.1) is 0 Å². The zero-order chi connectivity index (χ0) is 17.8. The number of hydrogen-bond donors (Lipinski definition) is 4. The number of aromatic nitrogens is 1. The van der Waals surface area contributed by atoms with Gasteiger partial charge in [-0.1, -0.05) is 30.3 Å². The zero-order valence-corrected chi connectivity index (χ0v) is 14.7. The molecule has 0 aliphatic heterocycles. The number of halogens is 1. The summed E-state index contributed by atoms with van der Waals surface area (Å²) in [6.45, 7) is 0. The van der Waals surface area contributed by atoms with E-state index in [1.54, 1.807) is 35.9 Å². The average molecular weight is 402 g/mol. The van der Waals surface area contributed by atoms with Crippen LogP contribution in [0.25, 0.3) is 10.9 Å². The molecule has 0 aliphatic rings. The molecule has 0 bridgehead atoms. The number of H-pyrrole nitrogens is 1. The first-order valence-electron chi connectivity index (χ1n) is 7.64. The molecular weight excluding hydrogens is 386 g/mol. The molecule has 128 valence electrons. The lowest BCUT2D eigenvalue weighted by Gasteiger charge is -2.17. The second kappa shape index (κ2) is 7.50. The quantitative estimate of drug-likeness (QED) is 0.391. The number of rotatable bonds is 5. The fourth-order valence-corrected chi connectivity index (χ4v) is 3.15. The van der Waals surface area contributed by atoms with E-state index in [4.69, 9.17) is 5.21 Å². The van der Waals surface area contributed by atoms with Crippen LogP contribution < -0.4 is 10.8 Å². The Bertz CT molecular complexity index is 923. The minimum absolute atomic E-state index is 0.243. The topological polar surface area (TPSA) is 94.2 Å². The van der Waals surface area contributed by atoms with Crippen molar-refractivity contribution in [2.24, 2.45) is 0 Å². The average Bonchev–Trinajstić information content (AvgIpc) is 3.04. The van der Waals surface area contributed by atoms with Crippen molar-refractivity contribution in [2.75, 3.05) is 0 Å². The smallest absolute Gasteiger partial charge is 0.266 e. The Hall–Kier alpha value is -2.64. The third kappa shape index (κ3) is 3.72. The van der Waals surface area contributed by atoms with E-state index in [1.807, 2.05) is 24.3 Å². The molecule has 2 amide bonds. The van der Waals surface area contributed by atoms with Gasteiger partial charge in [-0.05, 0) is 39.7 Å². The molecule has 2 aromatic carbocycles. The van der Waals surface area contributed by atoms with Crippen LogP contribution in [0.3, 0.4) is 0 Å². The zero-order valence-electron chi connectivity index (χ0n) is 13.1. The first-order chi connectivity index (χ1) is 12.1. The molecule has 0 saturated heterocycles. The second-order valence-corrected chi connectivity index (χ2v) is 6.40. The van der Waals surface area contributed by atoms with Crippen LogP contribution in [0.15, 0.2) is 59.2 Å². The van der Waals surface area contributed by atoms with Crippen molar-refractivity contribution in [1.82, 2.24) is 15.8 Å². The van der Waals surface area contributed by atoms with Gasteiger partial charge >= 0.3 is 0 Å². The highest BCUT2D eigenvalue weighted by Crippen LogP contribution is 2.20. The van der Waals surface area contributed by atoms with E-state index < -0.39 is 17.9 Å². The SMILES string of the molecule is O=C(N[C@@H](Cc1c[nH]c2ccccc12)C(=O)NO)c1ccccc1Br. The number of nitrogens with one attached hydrogen (secondary N) is 3. The number of carbonyl (C=O) groups is 2. The molecule has 3 aromatic rings. The summed E-state index contributed by atoms with van der Waals surface area (Å²) in [6, 6.07) is 13.7. The maximum atomic E-state index is 12.5. The maximum absolute atomic E-state index is 12.5. The van der Waals surface area contributed by atoms with Gasteiger partial charge in [0.05, 0.1) is 5.56 Å². The Morgan fingerprint density at radius 1 is 1.12 bits per heavy atom. The largest absolute Gasteiger partial charge is 0.361 e. The molecule has 1 aromatic heterocycles. The summed E-state index contributed by atoms with van der Waals surface area (Å²) in [6.07, 6.45) is 2.04. The molecule has 0 unspecified atom stereocenters. The molecule has 6 nitrogen and oxygen atoms in total. The van der Waals surface area contributed by atoms with Crippen molar-refractivity contribution in [3.63, 3.8) is 0 Å². The van der Waals surface area contributed by atoms with Gasteiger partial charge in [-0.25, -0.2) is 5.48 Å². The van der Waals surface area contributed by atoms with E-state index >= 15 is 0 Å². The summed E-state index contributed by atoms with van der Waals surface area (Å²) in [5.41, 5.74) is 3.85. The molecule has 25 heavy (non-hydrogen) atoms. The number of para-hydroxylation sites is 1. The molecule has 0 spiro atoms. The summed E-state index contributed by atoms with van der Waals surface area (Å²) in [5.74, 6) is -1.08. The Morgan fingerprint density at radius 2 is 1.84 bits per heavy atom. The summed E-state index contributed by atoms with van der Waals surface area (Å²) in [4.78, 5) is 27.6. The van der Waals surface area contributed by atoms with Crippen molar-refractivity contribution < 1.29 is 14.8 Å². The van der Waals surface area contributed by atoms with Gasteiger partial charge in [0.1, 0.15) is 6.04 Å². The standard InChI is InChI=1S/C18H16BrN3O3/c19-14-7-3-1-6-13(14)17(23)21-16(18(24)22-25)9-11-10-20-15-8-4-2-5-12(11)15/h1-8,10,16,20,25H,9H2,(H,21,23)(H,22,24)/t16-/m0/s1. The van der Waals surface area contributed by atoms with Crippen molar-refractivity contribution in [1.29, 1.82) is 0 Å². The molecule has 1 atom stereocenters. The van der Waals surface area contributed by atoms with Gasteiger partial charge in [0.15, 0.2) is 0 Å².